The summed E-state index contributed by atoms with van der Waals surface area (Å²) < 4.78 is 0.864. The van der Waals surface area contributed by atoms with Crippen molar-refractivity contribution in [2.24, 2.45) is 5.92 Å². The molecule has 2 aromatic rings. The number of pyridine rings is 1. The molecule has 2 N–H and O–H groups in total. The van der Waals surface area contributed by atoms with Crippen LogP contribution in [0.3, 0.4) is 0 Å². The third-order valence-corrected chi connectivity index (χ3v) is 5.77. The Morgan fingerprint density at radius 3 is 2.89 bits per heavy atom. The van der Waals surface area contributed by atoms with E-state index >= 15 is 0 Å². The van der Waals surface area contributed by atoms with Crippen LogP contribution in [0, 0.1) is 5.92 Å². The zero-order valence-corrected chi connectivity index (χ0v) is 18.1. The van der Waals surface area contributed by atoms with Gasteiger partial charge >= 0.3 is 0 Å². The van der Waals surface area contributed by atoms with Gasteiger partial charge in [-0.2, -0.15) is 0 Å². The Labute approximate surface area is 177 Å². The molecule has 0 bridgehead atoms. The standard InChI is InChI=1S/C20H23BrN4O2S/c1-28-17-6-2-5-16(10-17)23-19(26)13-25-9-3-4-14(12-25)20(27)24-18-8-7-15(21)11-22-18/h2,5-8,10-11,14H,3-4,9,12-13H2,1H3,(H,23,26)(H,22,24,27). The van der Waals surface area contributed by atoms with E-state index in [9.17, 15) is 9.59 Å². The number of carbonyl (C=O) groups is 2. The van der Waals surface area contributed by atoms with Gasteiger partial charge in [0.1, 0.15) is 5.82 Å². The Bertz CT molecular complexity index is 831. The lowest BCUT2D eigenvalue weighted by molar-refractivity contribution is -0.123. The molecule has 28 heavy (non-hydrogen) atoms. The number of aromatic nitrogens is 1. The molecule has 1 fully saturated rings. The maximum Gasteiger partial charge on any atom is 0.238 e. The maximum atomic E-state index is 12.6. The second-order valence-corrected chi connectivity index (χ2v) is 8.50. The Balaban J connectivity index is 1.51. The molecule has 2 amide bonds. The van der Waals surface area contributed by atoms with Crippen LogP contribution in [-0.2, 0) is 9.59 Å². The van der Waals surface area contributed by atoms with Crippen molar-refractivity contribution in [1.29, 1.82) is 0 Å². The van der Waals surface area contributed by atoms with Crippen LogP contribution in [0.2, 0.25) is 0 Å². The van der Waals surface area contributed by atoms with Crippen molar-refractivity contribution in [3.05, 3.63) is 47.1 Å². The van der Waals surface area contributed by atoms with Gasteiger partial charge in [-0.25, -0.2) is 4.98 Å². The van der Waals surface area contributed by atoms with Crippen molar-refractivity contribution in [2.45, 2.75) is 17.7 Å². The fourth-order valence-electron chi connectivity index (χ4n) is 3.20. The summed E-state index contributed by atoms with van der Waals surface area (Å²) in [6.07, 6.45) is 5.36. The number of anilines is 2. The fourth-order valence-corrected chi connectivity index (χ4v) is 3.89. The smallest absolute Gasteiger partial charge is 0.238 e. The molecule has 0 saturated carbocycles. The van der Waals surface area contributed by atoms with Gasteiger partial charge in [-0.3, -0.25) is 14.5 Å². The van der Waals surface area contributed by atoms with Crippen LogP contribution in [0.4, 0.5) is 11.5 Å². The highest BCUT2D eigenvalue weighted by Gasteiger charge is 2.27. The topological polar surface area (TPSA) is 74.3 Å². The molecule has 1 aromatic carbocycles. The number of benzene rings is 1. The zero-order valence-electron chi connectivity index (χ0n) is 15.7. The summed E-state index contributed by atoms with van der Waals surface area (Å²) >= 11 is 4.97. The third kappa shape index (κ3) is 6.05. The zero-order chi connectivity index (χ0) is 19.9. The number of nitrogens with one attached hydrogen (secondary N) is 2. The Morgan fingerprint density at radius 1 is 1.29 bits per heavy atom. The number of rotatable bonds is 6. The minimum atomic E-state index is -0.146. The SMILES string of the molecule is CSc1cccc(NC(=O)CN2CCCC(C(=O)Nc3ccc(Br)cn3)C2)c1. The molecule has 0 spiro atoms. The fraction of sp³-hybridized carbons (Fsp3) is 0.350. The molecule has 1 atom stereocenters. The molecule has 8 heteroatoms. The summed E-state index contributed by atoms with van der Waals surface area (Å²) in [5.74, 6) is 0.282. The van der Waals surface area contributed by atoms with Gasteiger partial charge in [-0.05, 0) is 71.9 Å². The summed E-state index contributed by atoms with van der Waals surface area (Å²) in [6.45, 7) is 1.67. The Morgan fingerprint density at radius 2 is 2.14 bits per heavy atom. The molecular weight excluding hydrogens is 440 g/mol. The molecule has 1 aliphatic rings. The van der Waals surface area contributed by atoms with E-state index in [4.69, 9.17) is 0 Å². The van der Waals surface area contributed by atoms with Crippen molar-refractivity contribution < 1.29 is 9.59 Å². The Hall–Kier alpha value is -1.90. The molecule has 1 aliphatic heterocycles. The monoisotopic (exact) mass is 462 g/mol. The van der Waals surface area contributed by atoms with Crippen LogP contribution in [0.5, 0.6) is 0 Å². The van der Waals surface area contributed by atoms with Crippen molar-refractivity contribution in [3.63, 3.8) is 0 Å². The van der Waals surface area contributed by atoms with Crippen LogP contribution < -0.4 is 10.6 Å². The highest BCUT2D eigenvalue weighted by Crippen LogP contribution is 2.21. The summed E-state index contributed by atoms with van der Waals surface area (Å²) in [4.78, 5) is 32.3. The first-order chi connectivity index (χ1) is 13.5. The molecule has 2 heterocycles. The van der Waals surface area contributed by atoms with E-state index in [0.29, 0.717) is 12.4 Å². The molecule has 6 nitrogen and oxygen atoms in total. The number of halogens is 1. The molecule has 3 rings (SSSR count). The van der Waals surface area contributed by atoms with Crippen LogP contribution in [0.15, 0.2) is 52.0 Å². The molecule has 0 aliphatic carbocycles. The number of amides is 2. The summed E-state index contributed by atoms with van der Waals surface area (Å²) in [5.41, 5.74) is 0.796. The number of carbonyl (C=O) groups excluding carboxylic acids is 2. The molecule has 1 unspecified atom stereocenters. The van der Waals surface area contributed by atoms with E-state index < -0.39 is 0 Å². The van der Waals surface area contributed by atoms with Crippen LogP contribution in [0.1, 0.15) is 12.8 Å². The van der Waals surface area contributed by atoms with Crippen molar-refractivity contribution in [3.8, 4) is 0 Å². The number of thioether (sulfide) groups is 1. The quantitative estimate of drug-likeness (QED) is 0.637. The lowest BCUT2D eigenvalue weighted by Gasteiger charge is -2.31. The van der Waals surface area contributed by atoms with Crippen molar-refractivity contribution in [2.75, 3.05) is 36.5 Å². The van der Waals surface area contributed by atoms with Crippen LogP contribution >= 0.6 is 27.7 Å². The molecule has 1 aromatic heterocycles. The molecule has 0 radical (unpaired) electrons. The second kappa shape index (κ2) is 10.0. The minimum absolute atomic E-state index is 0.0485. The van der Waals surface area contributed by atoms with E-state index in [1.165, 1.54) is 0 Å². The van der Waals surface area contributed by atoms with E-state index in [2.05, 4.69) is 31.5 Å². The first kappa shape index (κ1) is 20.8. The first-order valence-electron chi connectivity index (χ1n) is 9.12. The van der Waals surface area contributed by atoms with E-state index in [0.717, 1.165) is 34.4 Å². The van der Waals surface area contributed by atoms with Gasteiger partial charge in [0.15, 0.2) is 0 Å². The molecule has 148 valence electrons. The van der Waals surface area contributed by atoms with Gasteiger partial charge in [0, 0.05) is 27.8 Å². The highest BCUT2D eigenvalue weighted by atomic mass is 79.9. The van der Waals surface area contributed by atoms with E-state index in [1.54, 1.807) is 24.0 Å². The van der Waals surface area contributed by atoms with Gasteiger partial charge < -0.3 is 10.6 Å². The van der Waals surface area contributed by atoms with Crippen LogP contribution in [0.25, 0.3) is 0 Å². The summed E-state index contributed by atoms with van der Waals surface area (Å²) in [5, 5.41) is 5.81. The van der Waals surface area contributed by atoms with Gasteiger partial charge in [0.25, 0.3) is 0 Å². The Kier molecular flexibility index (Phi) is 7.47. The maximum absolute atomic E-state index is 12.6. The predicted octanol–water partition coefficient (Wildman–Crippen LogP) is 3.86. The second-order valence-electron chi connectivity index (χ2n) is 6.71. The summed E-state index contributed by atoms with van der Waals surface area (Å²) in [6, 6.07) is 11.4. The number of piperidine rings is 1. The van der Waals surface area contributed by atoms with Crippen molar-refractivity contribution >= 4 is 51.0 Å². The van der Waals surface area contributed by atoms with E-state index in [1.807, 2.05) is 41.5 Å². The number of likely N-dealkylation sites (tertiary alicyclic amines) is 1. The van der Waals surface area contributed by atoms with Crippen molar-refractivity contribution in [1.82, 2.24) is 9.88 Å². The van der Waals surface area contributed by atoms with Gasteiger partial charge in [-0.15, -0.1) is 11.8 Å². The number of nitrogens with zero attached hydrogens (tertiary/aromatic N) is 2. The highest BCUT2D eigenvalue weighted by molar-refractivity contribution is 9.10. The van der Waals surface area contributed by atoms with Gasteiger partial charge in [0.05, 0.1) is 12.5 Å². The molecule has 1 saturated heterocycles. The lowest BCUT2D eigenvalue weighted by Crippen LogP contribution is -2.44. The largest absolute Gasteiger partial charge is 0.325 e. The lowest BCUT2D eigenvalue weighted by atomic mass is 9.97. The normalized spacial score (nSPS) is 17.1. The van der Waals surface area contributed by atoms with E-state index in [-0.39, 0.29) is 24.3 Å². The number of hydrogen-bond acceptors (Lipinski definition) is 5. The average molecular weight is 463 g/mol. The minimum Gasteiger partial charge on any atom is -0.325 e. The third-order valence-electron chi connectivity index (χ3n) is 4.58. The van der Waals surface area contributed by atoms with Crippen LogP contribution in [-0.4, -0.2) is 47.6 Å². The number of hydrogen-bond donors (Lipinski definition) is 2. The van der Waals surface area contributed by atoms with Gasteiger partial charge in [0.2, 0.25) is 11.8 Å². The average Bonchev–Trinajstić information content (AvgIpc) is 2.70. The molecular formula is C20H23BrN4O2S. The van der Waals surface area contributed by atoms with Gasteiger partial charge in [-0.1, -0.05) is 6.07 Å². The predicted molar refractivity (Wildman–Crippen MR) is 117 cm³/mol. The summed E-state index contributed by atoms with van der Waals surface area (Å²) in [7, 11) is 0. The first-order valence-corrected chi connectivity index (χ1v) is 11.1.